The molecular formula is C14H9N3O5. The molecule has 0 aliphatic rings. The summed E-state index contributed by atoms with van der Waals surface area (Å²) in [5, 5.41) is 11.3. The van der Waals surface area contributed by atoms with Gasteiger partial charge >= 0.3 is 17.3 Å². The van der Waals surface area contributed by atoms with E-state index in [2.05, 4.69) is 9.97 Å². The van der Waals surface area contributed by atoms with Crippen LogP contribution in [0.2, 0.25) is 0 Å². The van der Waals surface area contributed by atoms with Crippen LogP contribution in [0.1, 0.15) is 5.56 Å². The second-order valence-corrected chi connectivity index (χ2v) is 4.49. The highest BCUT2D eigenvalue weighted by Crippen LogP contribution is 2.25. The van der Waals surface area contributed by atoms with Gasteiger partial charge in [0.25, 0.3) is 0 Å². The van der Waals surface area contributed by atoms with Gasteiger partial charge in [-0.25, -0.2) is 4.79 Å². The molecule has 0 saturated carbocycles. The minimum absolute atomic E-state index is 0.0417. The van der Waals surface area contributed by atoms with Crippen molar-refractivity contribution in [1.82, 2.24) is 9.97 Å². The number of ether oxygens (including phenoxy) is 1. The van der Waals surface area contributed by atoms with Crippen molar-refractivity contribution < 1.29 is 14.1 Å². The molecule has 0 amide bonds. The first-order valence-corrected chi connectivity index (χ1v) is 6.22. The second kappa shape index (κ2) is 5.24. The molecule has 0 spiro atoms. The summed E-state index contributed by atoms with van der Waals surface area (Å²) in [7, 11) is 0. The van der Waals surface area contributed by atoms with E-state index in [9.17, 15) is 14.9 Å². The fourth-order valence-corrected chi connectivity index (χ4v) is 1.93. The topological polar surface area (TPSA) is 108 Å². The number of rotatable bonds is 3. The monoisotopic (exact) mass is 299 g/mol. The third-order valence-corrected chi connectivity index (χ3v) is 2.96. The Balaban J connectivity index is 1.93. The van der Waals surface area contributed by atoms with E-state index in [1.54, 1.807) is 19.1 Å². The highest BCUT2D eigenvalue weighted by molar-refractivity contribution is 5.81. The van der Waals surface area contributed by atoms with E-state index < -0.39 is 10.5 Å². The van der Waals surface area contributed by atoms with Crippen LogP contribution < -0.4 is 10.4 Å². The molecule has 0 aliphatic carbocycles. The Morgan fingerprint density at radius 1 is 1.23 bits per heavy atom. The SMILES string of the molecule is Cc1cc(=O)oc2cc(Oc3ncc([N+](=O)[O-])cn3)ccc12. The van der Waals surface area contributed by atoms with Crippen LogP contribution in [0.25, 0.3) is 11.0 Å². The molecule has 2 aromatic heterocycles. The smallest absolute Gasteiger partial charge is 0.336 e. The highest BCUT2D eigenvalue weighted by Gasteiger charge is 2.09. The summed E-state index contributed by atoms with van der Waals surface area (Å²) in [6.45, 7) is 1.80. The number of nitro groups is 1. The van der Waals surface area contributed by atoms with Crippen molar-refractivity contribution in [3.8, 4) is 11.8 Å². The van der Waals surface area contributed by atoms with Gasteiger partial charge in [-0.2, -0.15) is 9.97 Å². The number of hydrogen-bond donors (Lipinski definition) is 0. The fourth-order valence-electron chi connectivity index (χ4n) is 1.93. The highest BCUT2D eigenvalue weighted by atomic mass is 16.6. The molecule has 8 heteroatoms. The van der Waals surface area contributed by atoms with Gasteiger partial charge in [-0.15, -0.1) is 0 Å². The molecule has 0 bridgehead atoms. The number of aryl methyl sites for hydroxylation is 1. The van der Waals surface area contributed by atoms with Crippen molar-refractivity contribution in [3.63, 3.8) is 0 Å². The molecule has 0 saturated heterocycles. The van der Waals surface area contributed by atoms with Gasteiger partial charge in [0, 0.05) is 17.5 Å². The van der Waals surface area contributed by atoms with Gasteiger partial charge in [-0.3, -0.25) is 10.1 Å². The van der Waals surface area contributed by atoms with Crippen LogP contribution in [0.4, 0.5) is 5.69 Å². The van der Waals surface area contributed by atoms with Gasteiger partial charge in [0.1, 0.15) is 23.7 Å². The van der Waals surface area contributed by atoms with Gasteiger partial charge in [0.15, 0.2) is 0 Å². The predicted molar refractivity (Wildman–Crippen MR) is 76.0 cm³/mol. The summed E-state index contributed by atoms with van der Waals surface area (Å²) in [5.41, 5.74) is 0.495. The summed E-state index contributed by atoms with van der Waals surface area (Å²) in [6, 6.07) is 6.31. The molecule has 8 nitrogen and oxygen atoms in total. The number of nitrogens with zero attached hydrogens (tertiary/aromatic N) is 3. The van der Waals surface area contributed by atoms with Gasteiger partial charge in [-0.1, -0.05) is 0 Å². The van der Waals surface area contributed by atoms with Gasteiger partial charge in [0.05, 0.1) is 4.92 Å². The summed E-state index contributed by atoms with van der Waals surface area (Å²) >= 11 is 0. The maximum atomic E-state index is 11.4. The Bertz CT molecular complexity index is 918. The van der Waals surface area contributed by atoms with E-state index in [1.165, 1.54) is 12.1 Å². The largest absolute Gasteiger partial charge is 0.424 e. The third kappa shape index (κ3) is 2.62. The first-order chi connectivity index (χ1) is 10.5. The first kappa shape index (κ1) is 13.7. The lowest BCUT2D eigenvalue weighted by atomic mass is 10.1. The lowest BCUT2D eigenvalue weighted by Crippen LogP contribution is -1.98. The van der Waals surface area contributed by atoms with Gasteiger partial charge in [-0.05, 0) is 24.6 Å². The van der Waals surface area contributed by atoms with Crippen molar-refractivity contribution in [3.05, 3.63) is 62.8 Å². The average molecular weight is 299 g/mol. The Morgan fingerprint density at radius 3 is 2.64 bits per heavy atom. The van der Waals surface area contributed by atoms with Crippen LogP contribution in [0.5, 0.6) is 11.8 Å². The molecule has 110 valence electrons. The van der Waals surface area contributed by atoms with E-state index in [0.29, 0.717) is 11.3 Å². The Kier molecular flexibility index (Phi) is 3.26. The van der Waals surface area contributed by atoms with Crippen LogP contribution in [-0.4, -0.2) is 14.9 Å². The predicted octanol–water partition coefficient (Wildman–Crippen LogP) is 2.59. The van der Waals surface area contributed by atoms with E-state index in [4.69, 9.17) is 9.15 Å². The third-order valence-electron chi connectivity index (χ3n) is 2.96. The van der Waals surface area contributed by atoms with Crippen LogP contribution >= 0.6 is 0 Å². The zero-order chi connectivity index (χ0) is 15.7. The molecule has 1 aromatic carbocycles. The maximum absolute atomic E-state index is 11.4. The number of aromatic nitrogens is 2. The Labute approximate surface area is 123 Å². The normalized spacial score (nSPS) is 10.6. The number of hydrogen-bond acceptors (Lipinski definition) is 7. The van der Waals surface area contributed by atoms with Crippen LogP contribution in [0.15, 0.2) is 45.9 Å². The zero-order valence-electron chi connectivity index (χ0n) is 11.3. The van der Waals surface area contributed by atoms with Crippen molar-refractivity contribution in [2.24, 2.45) is 0 Å². The second-order valence-electron chi connectivity index (χ2n) is 4.49. The van der Waals surface area contributed by atoms with Crippen molar-refractivity contribution in [1.29, 1.82) is 0 Å². The lowest BCUT2D eigenvalue weighted by molar-refractivity contribution is -0.385. The average Bonchev–Trinajstić information content (AvgIpc) is 2.47. The maximum Gasteiger partial charge on any atom is 0.336 e. The van der Waals surface area contributed by atoms with Gasteiger partial charge < -0.3 is 9.15 Å². The molecular weight excluding hydrogens is 290 g/mol. The molecule has 3 rings (SSSR count). The quantitative estimate of drug-likeness (QED) is 0.415. The van der Waals surface area contributed by atoms with E-state index >= 15 is 0 Å². The lowest BCUT2D eigenvalue weighted by Gasteiger charge is -2.05. The summed E-state index contributed by atoms with van der Waals surface area (Å²) in [5.74, 6) is 0.357. The molecule has 3 aromatic rings. The Morgan fingerprint density at radius 2 is 1.95 bits per heavy atom. The molecule has 0 fully saturated rings. The van der Waals surface area contributed by atoms with E-state index in [0.717, 1.165) is 23.3 Å². The standard InChI is InChI=1S/C14H9N3O5/c1-8-4-13(18)22-12-5-10(2-3-11(8)12)21-14-15-6-9(7-16-14)17(19)20/h2-7H,1H3. The summed E-state index contributed by atoms with van der Waals surface area (Å²) < 4.78 is 10.5. The van der Waals surface area contributed by atoms with Crippen LogP contribution in [0, 0.1) is 17.0 Å². The molecule has 0 aliphatic heterocycles. The number of fused-ring (bicyclic) bond motifs is 1. The van der Waals surface area contributed by atoms with Crippen LogP contribution in [0.3, 0.4) is 0 Å². The summed E-state index contributed by atoms with van der Waals surface area (Å²) in [6.07, 6.45) is 2.10. The molecule has 22 heavy (non-hydrogen) atoms. The minimum Gasteiger partial charge on any atom is -0.424 e. The van der Waals surface area contributed by atoms with E-state index in [-0.39, 0.29) is 11.7 Å². The molecule has 0 N–H and O–H groups in total. The molecule has 0 unspecified atom stereocenters. The zero-order valence-corrected chi connectivity index (χ0v) is 11.3. The molecule has 2 heterocycles. The number of benzene rings is 1. The fraction of sp³-hybridized carbons (Fsp3) is 0.0714. The first-order valence-electron chi connectivity index (χ1n) is 6.22. The van der Waals surface area contributed by atoms with E-state index in [1.807, 2.05) is 0 Å². The summed E-state index contributed by atoms with van der Waals surface area (Å²) in [4.78, 5) is 28.8. The van der Waals surface area contributed by atoms with Crippen molar-refractivity contribution in [2.75, 3.05) is 0 Å². The van der Waals surface area contributed by atoms with Gasteiger partial charge in [0.2, 0.25) is 0 Å². The van der Waals surface area contributed by atoms with Crippen molar-refractivity contribution in [2.45, 2.75) is 6.92 Å². The Hall–Kier alpha value is -3.29. The van der Waals surface area contributed by atoms with Crippen molar-refractivity contribution >= 4 is 16.7 Å². The molecule has 0 atom stereocenters. The van der Waals surface area contributed by atoms with Crippen LogP contribution in [-0.2, 0) is 0 Å². The minimum atomic E-state index is -0.600. The molecule has 0 radical (unpaired) electrons.